The Hall–Kier alpha value is -4.65. The summed E-state index contributed by atoms with van der Waals surface area (Å²) in [6, 6.07) is 17.2. The van der Waals surface area contributed by atoms with Crippen molar-refractivity contribution in [3.8, 4) is 28.0 Å². The van der Waals surface area contributed by atoms with Crippen molar-refractivity contribution >= 4 is 17.9 Å². The van der Waals surface area contributed by atoms with E-state index in [1.165, 1.54) is 0 Å². The van der Waals surface area contributed by atoms with Gasteiger partial charge in [-0.25, -0.2) is 14.4 Å². The van der Waals surface area contributed by atoms with E-state index < -0.39 is 23.3 Å². The topological polar surface area (TPSA) is 121 Å². The van der Waals surface area contributed by atoms with Gasteiger partial charge in [-0.05, 0) is 65.4 Å². The van der Waals surface area contributed by atoms with E-state index in [1.54, 1.807) is 60.7 Å². The Morgan fingerprint density at radius 1 is 0.850 bits per heavy atom. The van der Waals surface area contributed by atoms with Crippen molar-refractivity contribution in [2.75, 3.05) is 6.61 Å². The molecule has 7 heteroatoms. The Labute approximate surface area is 233 Å². The van der Waals surface area contributed by atoms with Gasteiger partial charge < -0.3 is 20.1 Å². The van der Waals surface area contributed by atoms with Crippen LogP contribution in [-0.4, -0.2) is 39.8 Å². The van der Waals surface area contributed by atoms with Crippen LogP contribution >= 0.6 is 0 Å². The van der Waals surface area contributed by atoms with Crippen LogP contribution in [0, 0.1) is 5.92 Å². The third-order valence-corrected chi connectivity index (χ3v) is 7.45. The molecule has 0 aromatic heterocycles. The molecule has 0 saturated heterocycles. The highest BCUT2D eigenvalue weighted by Gasteiger charge is 2.32. The maximum atomic E-state index is 11.6. The van der Waals surface area contributed by atoms with Crippen LogP contribution in [0.4, 0.5) is 0 Å². The van der Waals surface area contributed by atoms with Crippen LogP contribution in [0.15, 0.2) is 84.5 Å². The van der Waals surface area contributed by atoms with Crippen molar-refractivity contribution in [3.05, 3.63) is 101 Å². The zero-order chi connectivity index (χ0) is 29.0. The molecule has 2 unspecified atom stereocenters. The van der Waals surface area contributed by atoms with Crippen LogP contribution in [-0.2, 0) is 10.2 Å². The minimum Gasteiger partial charge on any atom is -0.492 e. The largest absolute Gasteiger partial charge is 0.492 e. The number of ether oxygens (including phenoxy) is 1. The molecule has 3 aromatic rings. The molecule has 3 N–H and O–H groups in total. The minimum absolute atomic E-state index is 0.167. The van der Waals surface area contributed by atoms with Crippen molar-refractivity contribution < 1.29 is 34.4 Å². The van der Waals surface area contributed by atoms with Gasteiger partial charge in [-0.1, -0.05) is 69.7 Å². The lowest BCUT2D eigenvalue weighted by Gasteiger charge is -2.32. The van der Waals surface area contributed by atoms with E-state index in [0.29, 0.717) is 18.8 Å². The SMILES string of the molecule is CCC(C)COc1c(-c2ccc(C(=O)O)cc2)cc(-c2ccc(C(=O)O)cc2)cc1C1(C)C=CC(C(=O)O)=CC1. The third kappa shape index (κ3) is 5.99. The fourth-order valence-corrected chi connectivity index (χ4v) is 4.62. The first-order valence-electron chi connectivity index (χ1n) is 13.1. The molecule has 3 aromatic carbocycles. The number of hydrogen-bond acceptors (Lipinski definition) is 4. The maximum absolute atomic E-state index is 11.6. The number of rotatable bonds is 10. The standard InChI is InChI=1S/C33H32O7/c1-4-20(2)19-40-29-27(22-7-11-24(12-8-22)31(36)37)17-26(21-5-9-23(10-6-21)30(34)35)18-28(29)33(3)15-13-25(14-16-33)32(38)39/h5-15,17-18,20H,4,16,19H2,1-3H3,(H,34,35)(H,36,37)(H,38,39). The number of hydrogen-bond donors (Lipinski definition) is 3. The van der Waals surface area contributed by atoms with Crippen LogP contribution in [0.3, 0.4) is 0 Å². The van der Waals surface area contributed by atoms with Gasteiger partial charge in [0.15, 0.2) is 0 Å². The first-order chi connectivity index (χ1) is 19.0. The summed E-state index contributed by atoms with van der Waals surface area (Å²) in [6.45, 7) is 6.68. The zero-order valence-corrected chi connectivity index (χ0v) is 22.7. The van der Waals surface area contributed by atoms with Crippen molar-refractivity contribution in [3.63, 3.8) is 0 Å². The molecule has 0 radical (unpaired) electrons. The van der Waals surface area contributed by atoms with E-state index in [4.69, 9.17) is 4.74 Å². The van der Waals surface area contributed by atoms with Gasteiger partial charge in [0.25, 0.3) is 0 Å². The Kier molecular flexibility index (Phi) is 8.24. The molecule has 0 spiro atoms. The molecule has 0 fully saturated rings. The summed E-state index contributed by atoms with van der Waals surface area (Å²) in [5.41, 5.74) is 3.97. The van der Waals surface area contributed by atoms with E-state index in [1.807, 2.05) is 25.1 Å². The van der Waals surface area contributed by atoms with Gasteiger partial charge in [-0.3, -0.25) is 0 Å². The number of carboxylic acid groups (broad SMARTS) is 3. The second-order valence-electron chi connectivity index (χ2n) is 10.4. The fraction of sp³-hybridized carbons (Fsp3) is 0.242. The molecule has 206 valence electrons. The van der Waals surface area contributed by atoms with E-state index in [-0.39, 0.29) is 22.6 Å². The summed E-state index contributed by atoms with van der Waals surface area (Å²) in [4.78, 5) is 34.5. The molecule has 7 nitrogen and oxygen atoms in total. The van der Waals surface area contributed by atoms with Gasteiger partial charge >= 0.3 is 17.9 Å². The number of carboxylic acids is 3. The number of aliphatic carboxylic acids is 1. The summed E-state index contributed by atoms with van der Waals surface area (Å²) < 4.78 is 6.52. The molecule has 1 aliphatic rings. The molecule has 40 heavy (non-hydrogen) atoms. The van der Waals surface area contributed by atoms with Gasteiger partial charge in [-0.15, -0.1) is 0 Å². The molecule has 0 heterocycles. The van der Waals surface area contributed by atoms with Crippen LogP contribution in [0.25, 0.3) is 22.3 Å². The second-order valence-corrected chi connectivity index (χ2v) is 10.4. The Bertz CT molecular complexity index is 1500. The van der Waals surface area contributed by atoms with Gasteiger partial charge in [0.05, 0.1) is 23.3 Å². The highest BCUT2D eigenvalue weighted by molar-refractivity contribution is 5.91. The smallest absolute Gasteiger partial charge is 0.335 e. The summed E-state index contributed by atoms with van der Waals surface area (Å²) >= 11 is 0. The molecule has 0 aliphatic heterocycles. The zero-order valence-electron chi connectivity index (χ0n) is 22.7. The molecule has 2 atom stereocenters. The predicted molar refractivity (Wildman–Crippen MR) is 153 cm³/mol. The highest BCUT2D eigenvalue weighted by Crippen LogP contribution is 2.46. The fourth-order valence-electron chi connectivity index (χ4n) is 4.62. The molecule has 0 bridgehead atoms. The number of allylic oxidation sites excluding steroid dienone is 2. The van der Waals surface area contributed by atoms with Crippen molar-refractivity contribution in [2.45, 2.75) is 39.0 Å². The van der Waals surface area contributed by atoms with E-state index in [0.717, 1.165) is 34.2 Å². The number of aromatic carboxylic acids is 2. The Balaban J connectivity index is 1.96. The number of carbonyl (C=O) groups is 3. The lowest BCUT2D eigenvalue weighted by atomic mass is 9.74. The molecule has 0 amide bonds. The lowest BCUT2D eigenvalue weighted by Crippen LogP contribution is -2.23. The van der Waals surface area contributed by atoms with Gasteiger partial charge in [0.2, 0.25) is 0 Å². The molecule has 4 rings (SSSR count). The molecular weight excluding hydrogens is 508 g/mol. The van der Waals surface area contributed by atoms with Crippen LogP contribution < -0.4 is 4.74 Å². The molecule has 0 saturated carbocycles. The van der Waals surface area contributed by atoms with E-state index in [2.05, 4.69) is 13.8 Å². The summed E-state index contributed by atoms with van der Waals surface area (Å²) in [7, 11) is 0. The quantitative estimate of drug-likeness (QED) is 0.251. The maximum Gasteiger partial charge on any atom is 0.335 e. The third-order valence-electron chi connectivity index (χ3n) is 7.45. The average Bonchev–Trinajstić information content (AvgIpc) is 2.95. The second kappa shape index (κ2) is 11.6. The monoisotopic (exact) mass is 540 g/mol. The van der Waals surface area contributed by atoms with E-state index in [9.17, 15) is 29.7 Å². The highest BCUT2D eigenvalue weighted by atomic mass is 16.5. The first kappa shape index (κ1) is 28.4. The normalized spacial score (nSPS) is 17.1. The lowest BCUT2D eigenvalue weighted by molar-refractivity contribution is -0.132. The predicted octanol–water partition coefficient (Wildman–Crippen LogP) is 7.07. The van der Waals surface area contributed by atoms with Crippen molar-refractivity contribution in [2.24, 2.45) is 5.92 Å². The molecular formula is C33H32O7. The average molecular weight is 541 g/mol. The summed E-state index contributed by atoms with van der Waals surface area (Å²) in [5, 5.41) is 28.3. The Morgan fingerprint density at radius 3 is 1.90 bits per heavy atom. The number of benzene rings is 3. The summed E-state index contributed by atoms with van der Waals surface area (Å²) in [6.07, 6.45) is 6.56. The summed E-state index contributed by atoms with van der Waals surface area (Å²) in [5.74, 6) is -2.09. The van der Waals surface area contributed by atoms with Crippen molar-refractivity contribution in [1.29, 1.82) is 0 Å². The minimum atomic E-state index is -1.02. The first-order valence-corrected chi connectivity index (χ1v) is 13.1. The van der Waals surface area contributed by atoms with Crippen LogP contribution in [0.1, 0.15) is 59.9 Å². The van der Waals surface area contributed by atoms with Gasteiger partial charge in [0, 0.05) is 16.5 Å². The molecule has 1 aliphatic carbocycles. The van der Waals surface area contributed by atoms with E-state index >= 15 is 0 Å². The van der Waals surface area contributed by atoms with Gasteiger partial charge in [-0.2, -0.15) is 0 Å². The van der Waals surface area contributed by atoms with Crippen LogP contribution in [0.2, 0.25) is 0 Å². The Morgan fingerprint density at radius 2 is 1.43 bits per heavy atom. The van der Waals surface area contributed by atoms with Crippen molar-refractivity contribution in [1.82, 2.24) is 0 Å². The van der Waals surface area contributed by atoms with Crippen LogP contribution in [0.5, 0.6) is 5.75 Å². The van der Waals surface area contributed by atoms with Gasteiger partial charge in [0.1, 0.15) is 5.75 Å².